The van der Waals surface area contributed by atoms with Crippen molar-refractivity contribution in [3.05, 3.63) is 29.8 Å². The highest BCUT2D eigenvalue weighted by atomic mass is 127. The van der Waals surface area contributed by atoms with E-state index >= 15 is 0 Å². The third-order valence-corrected chi connectivity index (χ3v) is 3.94. The van der Waals surface area contributed by atoms with Gasteiger partial charge in [0.1, 0.15) is 12.4 Å². The summed E-state index contributed by atoms with van der Waals surface area (Å²) in [6.45, 7) is 12.9. The van der Waals surface area contributed by atoms with Crippen LogP contribution in [0, 0.1) is 0 Å². The van der Waals surface area contributed by atoms with Gasteiger partial charge in [-0.15, -0.1) is 24.0 Å². The standard InChI is InChI=1S/C19H34N4O2.HI/c1-5-23(6-2)13-15-25-18-11-9-8-10-17(18)16-22-19(20-4)21-12-14-24-7-3;/h8-11H,5-7,12-16H2,1-4H3,(H2,20,21,22);1H. The minimum absolute atomic E-state index is 0. The molecule has 0 bridgehead atoms. The number of nitrogens with one attached hydrogen (secondary N) is 2. The molecule has 1 aromatic carbocycles. The van der Waals surface area contributed by atoms with Gasteiger partial charge in [-0.3, -0.25) is 4.99 Å². The minimum atomic E-state index is 0. The molecule has 2 N–H and O–H groups in total. The fourth-order valence-electron chi connectivity index (χ4n) is 2.40. The van der Waals surface area contributed by atoms with Crippen molar-refractivity contribution in [1.29, 1.82) is 0 Å². The molecule has 0 spiro atoms. The van der Waals surface area contributed by atoms with Crippen molar-refractivity contribution in [1.82, 2.24) is 15.5 Å². The van der Waals surface area contributed by atoms with E-state index in [1.807, 2.05) is 25.1 Å². The maximum Gasteiger partial charge on any atom is 0.191 e. The third-order valence-electron chi connectivity index (χ3n) is 3.94. The van der Waals surface area contributed by atoms with Crippen molar-refractivity contribution in [3.8, 4) is 5.75 Å². The number of halogens is 1. The lowest BCUT2D eigenvalue weighted by Gasteiger charge is -2.19. The highest BCUT2D eigenvalue weighted by Gasteiger charge is 2.06. The maximum atomic E-state index is 5.99. The smallest absolute Gasteiger partial charge is 0.191 e. The van der Waals surface area contributed by atoms with Crippen molar-refractivity contribution in [3.63, 3.8) is 0 Å². The summed E-state index contributed by atoms with van der Waals surface area (Å²) in [4.78, 5) is 6.58. The summed E-state index contributed by atoms with van der Waals surface area (Å²) < 4.78 is 11.3. The van der Waals surface area contributed by atoms with E-state index in [2.05, 4.69) is 40.4 Å². The molecule has 26 heavy (non-hydrogen) atoms. The molecule has 0 saturated heterocycles. The number of rotatable bonds is 12. The monoisotopic (exact) mass is 478 g/mol. The van der Waals surface area contributed by atoms with Crippen molar-refractivity contribution in [2.24, 2.45) is 4.99 Å². The van der Waals surface area contributed by atoms with Gasteiger partial charge < -0.3 is 25.0 Å². The Labute approximate surface area is 175 Å². The molecule has 0 amide bonds. The lowest BCUT2D eigenvalue weighted by molar-refractivity contribution is 0.152. The average molecular weight is 478 g/mol. The number of ether oxygens (including phenoxy) is 2. The van der Waals surface area contributed by atoms with Crippen molar-refractivity contribution < 1.29 is 9.47 Å². The molecule has 1 aromatic rings. The minimum Gasteiger partial charge on any atom is -0.492 e. The highest BCUT2D eigenvalue weighted by Crippen LogP contribution is 2.17. The number of nitrogens with zero attached hydrogens (tertiary/aromatic N) is 2. The molecule has 150 valence electrons. The molecule has 0 aromatic heterocycles. The Morgan fingerprint density at radius 2 is 1.81 bits per heavy atom. The number of aliphatic imine (C=N–C) groups is 1. The first-order chi connectivity index (χ1) is 12.2. The maximum absolute atomic E-state index is 5.99. The van der Waals surface area contributed by atoms with Crippen molar-refractivity contribution in [2.75, 3.05) is 53.0 Å². The largest absolute Gasteiger partial charge is 0.492 e. The molecule has 7 heteroatoms. The molecule has 0 aliphatic carbocycles. The van der Waals surface area contributed by atoms with Gasteiger partial charge in [0, 0.05) is 38.9 Å². The van der Waals surface area contributed by atoms with Crippen LogP contribution in [0.5, 0.6) is 5.75 Å². The summed E-state index contributed by atoms with van der Waals surface area (Å²) >= 11 is 0. The van der Waals surface area contributed by atoms with Gasteiger partial charge in [0.2, 0.25) is 0 Å². The Hall–Kier alpha value is -1.06. The number of likely N-dealkylation sites (N-methyl/N-ethyl adjacent to an activating group) is 1. The Balaban J connectivity index is 0.00000625. The van der Waals surface area contributed by atoms with Gasteiger partial charge in [-0.25, -0.2) is 0 Å². The van der Waals surface area contributed by atoms with Crippen LogP contribution in [-0.2, 0) is 11.3 Å². The normalized spacial score (nSPS) is 11.2. The lowest BCUT2D eigenvalue weighted by Crippen LogP contribution is -2.38. The zero-order chi connectivity index (χ0) is 18.3. The van der Waals surface area contributed by atoms with Crippen LogP contribution in [0.2, 0.25) is 0 Å². The van der Waals surface area contributed by atoms with Crippen molar-refractivity contribution in [2.45, 2.75) is 27.3 Å². The predicted molar refractivity (Wildman–Crippen MR) is 120 cm³/mol. The van der Waals surface area contributed by atoms with E-state index in [4.69, 9.17) is 9.47 Å². The van der Waals surface area contributed by atoms with Crippen LogP contribution in [-0.4, -0.2) is 63.9 Å². The molecule has 0 aliphatic heterocycles. The molecule has 0 saturated carbocycles. The Morgan fingerprint density at radius 1 is 1.08 bits per heavy atom. The number of guanidine groups is 1. The second-order valence-electron chi connectivity index (χ2n) is 5.53. The zero-order valence-corrected chi connectivity index (χ0v) is 18.9. The summed E-state index contributed by atoms with van der Waals surface area (Å²) in [7, 11) is 1.77. The quantitative estimate of drug-likeness (QED) is 0.210. The molecular formula is C19H35IN4O2. The molecule has 0 atom stereocenters. The van der Waals surface area contributed by atoms with Crippen LogP contribution in [0.3, 0.4) is 0 Å². The predicted octanol–water partition coefficient (Wildman–Crippen LogP) is 2.73. The first kappa shape index (κ1) is 24.9. The second kappa shape index (κ2) is 16.1. The summed E-state index contributed by atoms with van der Waals surface area (Å²) in [5, 5.41) is 6.55. The number of hydrogen-bond donors (Lipinski definition) is 2. The van der Waals surface area contributed by atoms with E-state index < -0.39 is 0 Å². The molecule has 1 rings (SSSR count). The Bertz CT molecular complexity index is 496. The van der Waals surface area contributed by atoms with Gasteiger partial charge in [-0.2, -0.15) is 0 Å². The van der Waals surface area contributed by atoms with Gasteiger partial charge in [-0.1, -0.05) is 32.0 Å². The summed E-state index contributed by atoms with van der Waals surface area (Å²) in [5.74, 6) is 1.68. The van der Waals surface area contributed by atoms with E-state index in [1.165, 1.54) is 0 Å². The molecule has 0 unspecified atom stereocenters. The van der Waals surface area contributed by atoms with Crippen molar-refractivity contribution >= 4 is 29.9 Å². The van der Waals surface area contributed by atoms with E-state index in [0.29, 0.717) is 19.8 Å². The van der Waals surface area contributed by atoms with E-state index in [-0.39, 0.29) is 24.0 Å². The van der Waals surface area contributed by atoms with Gasteiger partial charge in [-0.05, 0) is 26.1 Å². The zero-order valence-electron chi connectivity index (χ0n) is 16.6. The topological polar surface area (TPSA) is 58.1 Å². The van der Waals surface area contributed by atoms with Gasteiger partial charge in [0.05, 0.1) is 6.61 Å². The summed E-state index contributed by atoms with van der Waals surface area (Å²) in [6, 6.07) is 8.13. The van der Waals surface area contributed by atoms with Crippen LogP contribution < -0.4 is 15.4 Å². The highest BCUT2D eigenvalue weighted by molar-refractivity contribution is 14.0. The van der Waals surface area contributed by atoms with Crippen LogP contribution in [0.1, 0.15) is 26.3 Å². The fourth-order valence-corrected chi connectivity index (χ4v) is 2.40. The van der Waals surface area contributed by atoms with Crippen LogP contribution in [0.4, 0.5) is 0 Å². The summed E-state index contributed by atoms with van der Waals surface area (Å²) in [5.41, 5.74) is 1.12. The molecule has 0 aliphatic rings. The molecule has 0 fully saturated rings. The Kier molecular flexibility index (Phi) is 15.5. The number of para-hydroxylation sites is 1. The molecule has 0 heterocycles. The second-order valence-corrected chi connectivity index (χ2v) is 5.53. The first-order valence-electron chi connectivity index (χ1n) is 9.20. The third kappa shape index (κ3) is 10.2. The van der Waals surface area contributed by atoms with E-state index in [0.717, 1.165) is 50.1 Å². The SMILES string of the molecule is CCOCCNC(=NC)NCc1ccccc1OCCN(CC)CC.I. The van der Waals surface area contributed by atoms with E-state index in [1.54, 1.807) is 7.05 Å². The van der Waals surface area contributed by atoms with Gasteiger partial charge in [0.15, 0.2) is 5.96 Å². The average Bonchev–Trinajstić information content (AvgIpc) is 2.65. The van der Waals surface area contributed by atoms with Crippen LogP contribution in [0.25, 0.3) is 0 Å². The molecular weight excluding hydrogens is 443 g/mol. The molecule has 6 nitrogen and oxygen atoms in total. The number of benzene rings is 1. The Morgan fingerprint density at radius 3 is 2.46 bits per heavy atom. The van der Waals surface area contributed by atoms with E-state index in [9.17, 15) is 0 Å². The van der Waals surface area contributed by atoms with Gasteiger partial charge in [0.25, 0.3) is 0 Å². The lowest BCUT2D eigenvalue weighted by atomic mass is 10.2. The number of hydrogen-bond acceptors (Lipinski definition) is 4. The summed E-state index contributed by atoms with van der Waals surface area (Å²) in [6.07, 6.45) is 0. The molecule has 0 radical (unpaired) electrons. The van der Waals surface area contributed by atoms with Crippen LogP contribution in [0.15, 0.2) is 29.3 Å². The first-order valence-corrected chi connectivity index (χ1v) is 9.20. The fraction of sp³-hybridized carbons (Fsp3) is 0.632. The van der Waals surface area contributed by atoms with Crippen LogP contribution >= 0.6 is 24.0 Å². The van der Waals surface area contributed by atoms with Gasteiger partial charge >= 0.3 is 0 Å².